The molecule has 3 aromatic rings. The van der Waals surface area contributed by atoms with Crippen LogP contribution in [0.2, 0.25) is 0 Å². The third-order valence-corrected chi connectivity index (χ3v) is 5.39. The van der Waals surface area contributed by atoms with Gasteiger partial charge in [0.2, 0.25) is 0 Å². The van der Waals surface area contributed by atoms with Crippen molar-refractivity contribution in [1.29, 1.82) is 0 Å². The second kappa shape index (κ2) is 9.43. The van der Waals surface area contributed by atoms with Gasteiger partial charge in [0.25, 0.3) is 0 Å². The average Bonchev–Trinajstić information content (AvgIpc) is 3.20. The molecule has 0 aliphatic carbocycles. The molecule has 0 saturated heterocycles. The van der Waals surface area contributed by atoms with Crippen LogP contribution in [0.3, 0.4) is 0 Å². The minimum atomic E-state index is -0.503. The third kappa shape index (κ3) is 4.91. The molecule has 0 atom stereocenters. The van der Waals surface area contributed by atoms with Crippen molar-refractivity contribution in [3.63, 3.8) is 0 Å². The number of hydrogen-bond acceptors (Lipinski definition) is 5. The fourth-order valence-corrected chi connectivity index (χ4v) is 3.79. The first kappa shape index (κ1) is 20.6. The predicted octanol–water partition coefficient (Wildman–Crippen LogP) is 4.56. The molecule has 0 aromatic heterocycles. The molecule has 1 N–H and O–H groups in total. The number of hydrogen-bond donors (Lipinski definition) is 1. The third-order valence-electron chi connectivity index (χ3n) is 5.39. The van der Waals surface area contributed by atoms with Crippen molar-refractivity contribution in [2.24, 2.45) is 0 Å². The van der Waals surface area contributed by atoms with E-state index >= 15 is 0 Å². The SMILES string of the molecule is COc1ccc(CNC(=O)Oc2ccc3c(c2)CCN3Cc2ccccc2)c(OC)c1. The summed E-state index contributed by atoms with van der Waals surface area (Å²) in [7, 11) is 3.18. The zero-order valence-electron chi connectivity index (χ0n) is 17.8. The molecule has 1 aliphatic heterocycles. The molecule has 6 heteroatoms. The fourth-order valence-electron chi connectivity index (χ4n) is 3.79. The number of nitrogens with one attached hydrogen (secondary N) is 1. The van der Waals surface area contributed by atoms with Gasteiger partial charge in [-0.3, -0.25) is 0 Å². The molecule has 0 spiro atoms. The second-order valence-electron chi connectivity index (χ2n) is 7.37. The van der Waals surface area contributed by atoms with E-state index in [0.29, 0.717) is 23.8 Å². The summed E-state index contributed by atoms with van der Waals surface area (Å²) in [6.07, 6.45) is 0.432. The van der Waals surface area contributed by atoms with E-state index in [1.54, 1.807) is 20.3 Å². The first-order valence-corrected chi connectivity index (χ1v) is 10.2. The van der Waals surface area contributed by atoms with E-state index in [-0.39, 0.29) is 0 Å². The Morgan fingerprint density at radius 3 is 2.55 bits per heavy atom. The van der Waals surface area contributed by atoms with Gasteiger partial charge in [0.1, 0.15) is 17.2 Å². The molecule has 1 amide bonds. The molecular weight excluding hydrogens is 392 g/mol. The van der Waals surface area contributed by atoms with E-state index in [2.05, 4.69) is 34.5 Å². The van der Waals surface area contributed by atoms with Crippen LogP contribution >= 0.6 is 0 Å². The Bertz CT molecular complexity index is 1050. The lowest BCUT2D eigenvalue weighted by Crippen LogP contribution is -2.26. The smallest absolute Gasteiger partial charge is 0.412 e. The molecule has 4 rings (SSSR count). The zero-order chi connectivity index (χ0) is 21.6. The lowest BCUT2D eigenvalue weighted by molar-refractivity contribution is 0.200. The number of ether oxygens (including phenoxy) is 3. The van der Waals surface area contributed by atoms with Gasteiger partial charge in [0.05, 0.1) is 14.2 Å². The zero-order valence-corrected chi connectivity index (χ0v) is 17.8. The number of carbonyl (C=O) groups is 1. The van der Waals surface area contributed by atoms with Crippen molar-refractivity contribution in [3.8, 4) is 17.2 Å². The molecule has 0 saturated carbocycles. The van der Waals surface area contributed by atoms with Gasteiger partial charge in [-0.2, -0.15) is 0 Å². The number of rotatable bonds is 7. The molecule has 0 fully saturated rings. The standard InChI is InChI=1S/C25H26N2O4/c1-29-21-9-8-20(24(15-21)30-2)16-26-25(28)31-22-10-11-23-19(14-22)12-13-27(23)17-18-6-4-3-5-7-18/h3-11,14-15H,12-13,16-17H2,1-2H3,(H,26,28). The van der Waals surface area contributed by atoms with Gasteiger partial charge in [0, 0.05) is 37.0 Å². The number of anilines is 1. The molecule has 31 heavy (non-hydrogen) atoms. The Kier molecular flexibility index (Phi) is 6.26. The van der Waals surface area contributed by atoms with Gasteiger partial charge < -0.3 is 24.4 Å². The van der Waals surface area contributed by atoms with Crippen molar-refractivity contribution < 1.29 is 19.0 Å². The molecule has 3 aromatic carbocycles. The molecule has 0 bridgehead atoms. The monoisotopic (exact) mass is 418 g/mol. The van der Waals surface area contributed by atoms with Gasteiger partial charge >= 0.3 is 6.09 Å². The summed E-state index contributed by atoms with van der Waals surface area (Å²) in [5, 5.41) is 2.78. The summed E-state index contributed by atoms with van der Waals surface area (Å²) in [5.74, 6) is 1.89. The molecule has 0 unspecified atom stereocenters. The first-order chi connectivity index (χ1) is 15.2. The van der Waals surface area contributed by atoms with Crippen LogP contribution in [0.15, 0.2) is 66.7 Å². The number of amides is 1. The average molecular weight is 418 g/mol. The summed E-state index contributed by atoms with van der Waals surface area (Å²) in [6.45, 7) is 2.12. The fraction of sp³-hybridized carbons (Fsp3) is 0.240. The van der Waals surface area contributed by atoms with Crippen molar-refractivity contribution in [3.05, 3.63) is 83.4 Å². The van der Waals surface area contributed by atoms with Gasteiger partial charge in [-0.25, -0.2) is 4.79 Å². The van der Waals surface area contributed by atoms with E-state index < -0.39 is 6.09 Å². The highest BCUT2D eigenvalue weighted by Crippen LogP contribution is 2.32. The molecule has 1 aliphatic rings. The molecule has 160 valence electrons. The maximum Gasteiger partial charge on any atom is 0.412 e. The van der Waals surface area contributed by atoms with Crippen molar-refractivity contribution in [2.75, 3.05) is 25.7 Å². The van der Waals surface area contributed by atoms with Crippen molar-refractivity contribution in [2.45, 2.75) is 19.5 Å². The summed E-state index contributed by atoms with van der Waals surface area (Å²) in [4.78, 5) is 14.7. The Labute approximate surface area is 182 Å². The van der Waals surface area contributed by atoms with E-state index in [1.165, 1.54) is 16.8 Å². The second-order valence-corrected chi connectivity index (χ2v) is 7.37. The maximum absolute atomic E-state index is 12.3. The van der Waals surface area contributed by atoms with Crippen LogP contribution in [-0.4, -0.2) is 26.9 Å². The van der Waals surface area contributed by atoms with Gasteiger partial charge in [-0.15, -0.1) is 0 Å². The van der Waals surface area contributed by atoms with Crippen molar-refractivity contribution >= 4 is 11.8 Å². The van der Waals surface area contributed by atoms with Crippen LogP contribution in [0.25, 0.3) is 0 Å². The Morgan fingerprint density at radius 1 is 0.968 bits per heavy atom. The highest BCUT2D eigenvalue weighted by Gasteiger charge is 2.20. The van der Waals surface area contributed by atoms with Crippen LogP contribution in [-0.2, 0) is 19.5 Å². The van der Waals surface area contributed by atoms with Crippen molar-refractivity contribution in [1.82, 2.24) is 5.32 Å². The maximum atomic E-state index is 12.3. The minimum Gasteiger partial charge on any atom is -0.497 e. The highest BCUT2D eigenvalue weighted by molar-refractivity contribution is 5.71. The number of fused-ring (bicyclic) bond motifs is 1. The van der Waals surface area contributed by atoms with Crippen LogP contribution < -0.4 is 24.4 Å². The van der Waals surface area contributed by atoms with Crippen LogP contribution in [0.1, 0.15) is 16.7 Å². The highest BCUT2D eigenvalue weighted by atomic mass is 16.6. The topological polar surface area (TPSA) is 60.0 Å². The first-order valence-electron chi connectivity index (χ1n) is 10.2. The summed E-state index contributed by atoms with van der Waals surface area (Å²) in [6, 6.07) is 21.7. The number of carbonyl (C=O) groups excluding carboxylic acids is 1. The van der Waals surface area contributed by atoms with Crippen LogP contribution in [0, 0.1) is 0 Å². The number of methoxy groups -OCH3 is 2. The minimum absolute atomic E-state index is 0.293. The van der Waals surface area contributed by atoms with E-state index in [4.69, 9.17) is 14.2 Å². The largest absolute Gasteiger partial charge is 0.497 e. The van der Waals surface area contributed by atoms with Gasteiger partial charge in [0.15, 0.2) is 0 Å². The lowest BCUT2D eigenvalue weighted by atomic mass is 10.1. The van der Waals surface area contributed by atoms with Crippen LogP contribution in [0.5, 0.6) is 17.2 Å². The Hall–Kier alpha value is -3.67. The lowest BCUT2D eigenvalue weighted by Gasteiger charge is -2.19. The Morgan fingerprint density at radius 2 is 1.77 bits per heavy atom. The predicted molar refractivity (Wildman–Crippen MR) is 120 cm³/mol. The molecule has 6 nitrogen and oxygen atoms in total. The molecular formula is C25H26N2O4. The molecule has 1 heterocycles. The summed E-state index contributed by atoms with van der Waals surface area (Å²) < 4.78 is 16.1. The molecule has 0 radical (unpaired) electrons. The number of nitrogens with zero attached hydrogens (tertiary/aromatic N) is 1. The number of benzene rings is 3. The Balaban J connectivity index is 1.35. The quantitative estimate of drug-likeness (QED) is 0.610. The summed E-state index contributed by atoms with van der Waals surface area (Å²) >= 11 is 0. The van der Waals surface area contributed by atoms with E-state index in [1.807, 2.05) is 36.4 Å². The normalized spacial score (nSPS) is 12.3. The summed E-state index contributed by atoms with van der Waals surface area (Å²) in [5.41, 5.74) is 4.51. The van der Waals surface area contributed by atoms with E-state index in [9.17, 15) is 4.79 Å². The van der Waals surface area contributed by atoms with Gasteiger partial charge in [-0.1, -0.05) is 30.3 Å². The van der Waals surface area contributed by atoms with Crippen LogP contribution in [0.4, 0.5) is 10.5 Å². The van der Waals surface area contributed by atoms with E-state index in [0.717, 1.165) is 25.1 Å². The van der Waals surface area contributed by atoms with Gasteiger partial charge in [-0.05, 0) is 47.9 Å².